The third-order valence-electron chi connectivity index (χ3n) is 4.33. The van der Waals surface area contributed by atoms with Crippen molar-refractivity contribution in [2.45, 2.75) is 73.1 Å². The van der Waals surface area contributed by atoms with Crippen LogP contribution in [0.2, 0.25) is 0 Å². The number of carbonyl (C=O) groups is 2. The molecule has 0 atom stereocenters. The second-order valence-electron chi connectivity index (χ2n) is 6.32. The molecular formula is C25H35FO4. The van der Waals surface area contributed by atoms with Crippen molar-refractivity contribution in [1.29, 1.82) is 0 Å². The summed E-state index contributed by atoms with van der Waals surface area (Å²) in [6.07, 6.45) is 4.26. The van der Waals surface area contributed by atoms with Crippen LogP contribution in [0.5, 0.6) is 5.75 Å². The van der Waals surface area contributed by atoms with Gasteiger partial charge in [0.05, 0.1) is 6.42 Å². The minimum Gasteiger partial charge on any atom is -0.508 e. The average molecular weight is 419 g/mol. The molecule has 0 bridgehead atoms. The van der Waals surface area contributed by atoms with Gasteiger partial charge in [-0.3, -0.25) is 9.59 Å². The summed E-state index contributed by atoms with van der Waals surface area (Å²) >= 11 is 0. The van der Waals surface area contributed by atoms with Crippen LogP contribution in [0.3, 0.4) is 0 Å². The van der Waals surface area contributed by atoms with Crippen molar-refractivity contribution in [2.24, 2.45) is 0 Å². The molecule has 3 rings (SSSR count). The van der Waals surface area contributed by atoms with E-state index in [0.717, 1.165) is 31.2 Å². The van der Waals surface area contributed by atoms with Gasteiger partial charge in [0, 0.05) is 18.4 Å². The zero-order chi connectivity index (χ0) is 23.1. The van der Waals surface area contributed by atoms with E-state index in [2.05, 4.69) is 0 Å². The maximum Gasteiger partial charge on any atom is 0.307 e. The summed E-state index contributed by atoms with van der Waals surface area (Å²) in [5, 5.41) is 18.2. The molecule has 0 amide bonds. The zero-order valence-corrected chi connectivity index (χ0v) is 18.8. The van der Waals surface area contributed by atoms with Gasteiger partial charge in [0.15, 0.2) is 0 Å². The number of carbonyl (C=O) groups excluding carboxylic acids is 1. The van der Waals surface area contributed by atoms with Gasteiger partial charge in [-0.1, -0.05) is 52.8 Å². The van der Waals surface area contributed by atoms with Gasteiger partial charge in [0.1, 0.15) is 17.3 Å². The first kappa shape index (κ1) is 27.3. The second kappa shape index (κ2) is 15.2. The predicted octanol–water partition coefficient (Wildman–Crippen LogP) is 6.57. The van der Waals surface area contributed by atoms with Crippen LogP contribution in [-0.4, -0.2) is 22.0 Å². The van der Waals surface area contributed by atoms with Crippen LogP contribution in [0.1, 0.15) is 71.4 Å². The summed E-state index contributed by atoms with van der Waals surface area (Å²) in [5.41, 5.74) is 2.22. The van der Waals surface area contributed by atoms with Crippen LogP contribution >= 0.6 is 0 Å². The van der Waals surface area contributed by atoms with Crippen molar-refractivity contribution < 1.29 is 24.2 Å². The fourth-order valence-electron chi connectivity index (χ4n) is 2.90. The van der Waals surface area contributed by atoms with Gasteiger partial charge in [-0.25, -0.2) is 4.39 Å². The van der Waals surface area contributed by atoms with Crippen LogP contribution in [-0.2, 0) is 22.4 Å². The lowest BCUT2D eigenvalue weighted by Gasteiger charge is -2.12. The Labute approximate surface area is 179 Å². The Hall–Kier alpha value is -2.69. The molecule has 0 saturated heterocycles. The second-order valence-corrected chi connectivity index (χ2v) is 6.32. The maximum atomic E-state index is 14.1. The fourth-order valence-corrected chi connectivity index (χ4v) is 2.90. The molecule has 1 aliphatic carbocycles. The number of aryl methyl sites for hydroxylation is 1. The molecule has 5 heteroatoms. The molecule has 0 unspecified atom stereocenters. The molecule has 1 fully saturated rings. The highest BCUT2D eigenvalue weighted by atomic mass is 19.1. The van der Waals surface area contributed by atoms with Crippen molar-refractivity contribution in [3.05, 3.63) is 53.3 Å². The minimum absolute atomic E-state index is 0.112. The monoisotopic (exact) mass is 418 g/mol. The lowest BCUT2D eigenvalue weighted by atomic mass is 9.94. The van der Waals surface area contributed by atoms with Crippen LogP contribution < -0.4 is 0 Å². The number of rotatable bonds is 4. The number of hydrogen-bond donors (Lipinski definition) is 2. The van der Waals surface area contributed by atoms with E-state index in [-0.39, 0.29) is 17.7 Å². The van der Waals surface area contributed by atoms with E-state index in [9.17, 15) is 19.1 Å². The topological polar surface area (TPSA) is 74.6 Å². The molecule has 0 heterocycles. The van der Waals surface area contributed by atoms with Crippen LogP contribution in [0.25, 0.3) is 11.1 Å². The maximum absolute atomic E-state index is 14.1. The lowest BCUT2D eigenvalue weighted by Crippen LogP contribution is -2.05. The number of phenolic OH excluding ortho intramolecular Hbond substituents is 1. The van der Waals surface area contributed by atoms with E-state index in [1.165, 1.54) is 18.2 Å². The molecular weight excluding hydrogens is 383 g/mol. The number of phenols is 1. The first-order valence-electron chi connectivity index (χ1n) is 10.7. The smallest absolute Gasteiger partial charge is 0.307 e. The Morgan fingerprint density at radius 2 is 1.53 bits per heavy atom. The number of carboxylic acids is 1. The van der Waals surface area contributed by atoms with Crippen LogP contribution in [0.4, 0.5) is 4.39 Å². The summed E-state index contributed by atoms with van der Waals surface area (Å²) in [4.78, 5) is 21.1. The first-order chi connectivity index (χ1) is 14.4. The van der Waals surface area contributed by atoms with Crippen molar-refractivity contribution in [3.8, 4) is 16.9 Å². The van der Waals surface area contributed by atoms with Gasteiger partial charge < -0.3 is 10.2 Å². The van der Waals surface area contributed by atoms with Gasteiger partial charge >= 0.3 is 5.97 Å². The Morgan fingerprint density at radius 3 is 1.93 bits per heavy atom. The summed E-state index contributed by atoms with van der Waals surface area (Å²) in [7, 11) is 0. The number of aliphatic carboxylic acids is 1. The van der Waals surface area contributed by atoms with E-state index in [1.54, 1.807) is 18.2 Å². The molecule has 166 valence electrons. The fraction of sp³-hybridized carbons (Fsp3) is 0.440. The number of benzene rings is 2. The molecule has 1 aliphatic rings. The molecule has 1 saturated carbocycles. The van der Waals surface area contributed by atoms with E-state index in [1.807, 2.05) is 34.6 Å². The highest BCUT2D eigenvalue weighted by Gasteiger charge is 2.15. The zero-order valence-electron chi connectivity index (χ0n) is 18.8. The molecule has 0 radical (unpaired) electrons. The van der Waals surface area contributed by atoms with E-state index in [0.29, 0.717) is 23.3 Å². The molecule has 0 spiro atoms. The standard InChI is InChI=1S/C16H15FO3.C5H8O.2C2H6/c1-2-10-7-13(11-3-5-12(18)6-4-11)14(9-16(19)20)15(17)8-10;6-5-3-1-2-4-5;2*1-2/h3-8,18H,2,9H2,1H3,(H,19,20);1-4H2;2*1-2H3. The number of ketones is 1. The number of halogens is 1. The van der Waals surface area contributed by atoms with Crippen molar-refractivity contribution in [3.63, 3.8) is 0 Å². The van der Waals surface area contributed by atoms with Gasteiger partial charge in [0.25, 0.3) is 0 Å². The molecule has 2 N–H and O–H groups in total. The third kappa shape index (κ3) is 9.21. The third-order valence-corrected chi connectivity index (χ3v) is 4.33. The highest BCUT2D eigenvalue weighted by molar-refractivity contribution is 5.80. The quantitative estimate of drug-likeness (QED) is 0.589. The van der Waals surface area contributed by atoms with Crippen LogP contribution in [0.15, 0.2) is 36.4 Å². The Kier molecular flexibility index (Phi) is 13.8. The van der Waals surface area contributed by atoms with Crippen molar-refractivity contribution >= 4 is 11.8 Å². The van der Waals surface area contributed by atoms with Crippen molar-refractivity contribution in [1.82, 2.24) is 0 Å². The predicted molar refractivity (Wildman–Crippen MR) is 120 cm³/mol. The van der Waals surface area contributed by atoms with Gasteiger partial charge in [-0.15, -0.1) is 0 Å². The van der Waals surface area contributed by atoms with Gasteiger partial charge in [-0.2, -0.15) is 0 Å². The number of carboxylic acid groups (broad SMARTS) is 1. The largest absolute Gasteiger partial charge is 0.508 e. The molecule has 2 aromatic rings. The van der Waals surface area contributed by atoms with Gasteiger partial charge in [0.2, 0.25) is 0 Å². The summed E-state index contributed by atoms with van der Waals surface area (Å²) in [6.45, 7) is 9.91. The van der Waals surface area contributed by atoms with Crippen LogP contribution in [0, 0.1) is 5.82 Å². The highest BCUT2D eigenvalue weighted by Crippen LogP contribution is 2.29. The number of hydrogen-bond acceptors (Lipinski definition) is 3. The number of aromatic hydroxyl groups is 1. The molecule has 4 nitrogen and oxygen atoms in total. The molecule has 0 aliphatic heterocycles. The van der Waals surface area contributed by atoms with E-state index in [4.69, 9.17) is 5.11 Å². The van der Waals surface area contributed by atoms with E-state index >= 15 is 0 Å². The molecule has 0 aromatic heterocycles. The Morgan fingerprint density at radius 1 is 1.00 bits per heavy atom. The first-order valence-corrected chi connectivity index (χ1v) is 10.7. The van der Waals surface area contributed by atoms with Gasteiger partial charge in [-0.05, 0) is 54.2 Å². The lowest BCUT2D eigenvalue weighted by molar-refractivity contribution is -0.136. The SMILES string of the molecule is CC.CC.CCc1cc(F)c(CC(=O)O)c(-c2ccc(O)cc2)c1.O=C1CCCC1. The molecule has 30 heavy (non-hydrogen) atoms. The number of Topliss-reactive ketones (excluding diaryl/α,β-unsaturated/α-hetero) is 1. The Bertz CT molecular complexity index is 774. The summed E-state index contributed by atoms with van der Waals surface area (Å²) in [6, 6.07) is 9.46. The minimum atomic E-state index is -1.08. The van der Waals surface area contributed by atoms with E-state index < -0.39 is 11.8 Å². The van der Waals surface area contributed by atoms with Crippen molar-refractivity contribution in [2.75, 3.05) is 0 Å². The average Bonchev–Trinajstić information content (AvgIpc) is 3.24. The summed E-state index contributed by atoms with van der Waals surface area (Å²) < 4.78 is 14.1. The molecule has 2 aromatic carbocycles. The Balaban J connectivity index is 0.000000702. The summed E-state index contributed by atoms with van der Waals surface area (Å²) in [5.74, 6) is -1.02. The normalized spacial score (nSPS) is 11.9.